The molecule has 0 radical (unpaired) electrons. The molecule has 10 rings (SSSR count). The molecule has 0 atom stereocenters. The molecule has 0 N–H and O–H groups in total. The zero-order valence-electron chi connectivity index (χ0n) is 28.0. The Kier molecular flexibility index (Phi) is 7.34. The monoisotopic (exact) mass is 708 g/mol. The van der Waals surface area contributed by atoms with Crippen molar-refractivity contribution in [2.24, 2.45) is 0 Å². The summed E-state index contributed by atoms with van der Waals surface area (Å²) in [5.41, 5.74) is 11.4. The summed E-state index contributed by atoms with van der Waals surface area (Å²) in [6, 6.07) is 51.0. The third-order valence-electron chi connectivity index (χ3n) is 10.1. The molecular formula is C46H30Cl2N4. The molecule has 0 spiro atoms. The summed E-state index contributed by atoms with van der Waals surface area (Å²) in [6.45, 7) is 0. The third kappa shape index (κ3) is 5.06. The lowest BCUT2D eigenvalue weighted by Crippen LogP contribution is -2.00. The highest BCUT2D eigenvalue weighted by Gasteiger charge is 2.21. The Morgan fingerprint density at radius 1 is 0.500 bits per heavy atom. The van der Waals surface area contributed by atoms with E-state index in [4.69, 9.17) is 33.2 Å². The van der Waals surface area contributed by atoms with E-state index in [1.165, 1.54) is 38.1 Å². The van der Waals surface area contributed by atoms with Crippen molar-refractivity contribution in [2.45, 2.75) is 12.8 Å². The molecule has 0 saturated heterocycles. The van der Waals surface area contributed by atoms with Gasteiger partial charge in [-0.2, -0.15) is 0 Å². The number of allylic oxidation sites excluding steroid dienone is 4. The molecule has 3 aromatic heterocycles. The number of halogens is 2. The standard InChI is InChI=1S/C46H30Cl2N4/c47-32-12-8-10-30(26-32)40-28-41(31-11-9-13-33(48)27-31)50-46(49-40)29-20-22-35(23-21-29)52-43-19-7-5-17-37(43)39-25-24-38-36-16-4-6-18-42(36)51(44(38)45(39)52)34-14-2-1-3-15-34/h1-8,10-12,14-28H,9,13H2. The van der Waals surface area contributed by atoms with Gasteiger partial charge >= 0.3 is 0 Å². The Balaban J connectivity index is 1.19. The molecule has 248 valence electrons. The molecule has 0 amide bonds. The van der Waals surface area contributed by atoms with Crippen LogP contribution in [-0.2, 0) is 0 Å². The minimum Gasteiger partial charge on any atom is -0.307 e. The molecule has 0 aliphatic heterocycles. The molecule has 0 fully saturated rings. The van der Waals surface area contributed by atoms with Crippen molar-refractivity contribution >= 4 is 72.4 Å². The Bertz CT molecular complexity index is 2910. The maximum absolute atomic E-state index is 6.50. The van der Waals surface area contributed by atoms with E-state index in [-0.39, 0.29) is 0 Å². The normalized spacial score (nSPS) is 13.3. The smallest absolute Gasteiger partial charge is 0.160 e. The molecule has 0 bridgehead atoms. The summed E-state index contributed by atoms with van der Waals surface area (Å²) >= 11 is 12.9. The summed E-state index contributed by atoms with van der Waals surface area (Å²) in [7, 11) is 0. The average Bonchev–Trinajstić information content (AvgIpc) is 3.71. The van der Waals surface area contributed by atoms with Gasteiger partial charge in [0.05, 0.1) is 33.5 Å². The number of hydrogen-bond donors (Lipinski definition) is 0. The van der Waals surface area contributed by atoms with Crippen molar-refractivity contribution < 1.29 is 0 Å². The van der Waals surface area contributed by atoms with Gasteiger partial charge in [0.2, 0.25) is 0 Å². The van der Waals surface area contributed by atoms with Crippen molar-refractivity contribution in [1.82, 2.24) is 19.1 Å². The predicted molar refractivity (Wildman–Crippen MR) is 218 cm³/mol. The van der Waals surface area contributed by atoms with Crippen LogP contribution in [0.25, 0.3) is 83.2 Å². The second-order valence-corrected chi connectivity index (χ2v) is 14.1. The number of fused-ring (bicyclic) bond motifs is 7. The molecular weight excluding hydrogens is 679 g/mol. The van der Waals surface area contributed by atoms with Crippen molar-refractivity contribution in [3.63, 3.8) is 0 Å². The third-order valence-corrected chi connectivity index (χ3v) is 10.6. The number of hydrogen-bond acceptors (Lipinski definition) is 2. The van der Waals surface area contributed by atoms with Crippen LogP contribution in [0.3, 0.4) is 0 Å². The van der Waals surface area contributed by atoms with Crippen molar-refractivity contribution in [1.29, 1.82) is 0 Å². The molecule has 1 aliphatic carbocycles. The number of para-hydroxylation sites is 3. The molecule has 6 heteroatoms. The van der Waals surface area contributed by atoms with Gasteiger partial charge in [0.1, 0.15) is 0 Å². The maximum Gasteiger partial charge on any atom is 0.160 e. The first-order chi connectivity index (χ1) is 25.6. The van der Waals surface area contributed by atoms with E-state index >= 15 is 0 Å². The van der Waals surface area contributed by atoms with E-state index in [1.54, 1.807) is 0 Å². The van der Waals surface area contributed by atoms with E-state index < -0.39 is 0 Å². The minimum atomic E-state index is 0.642. The zero-order valence-corrected chi connectivity index (χ0v) is 29.5. The Labute approximate surface area is 310 Å². The second-order valence-electron chi connectivity index (χ2n) is 13.2. The van der Waals surface area contributed by atoms with Gasteiger partial charge in [-0.25, -0.2) is 9.97 Å². The lowest BCUT2D eigenvalue weighted by molar-refractivity contribution is 1.02. The lowest BCUT2D eigenvalue weighted by Gasteiger charge is -2.14. The van der Waals surface area contributed by atoms with Crippen LogP contribution in [0.5, 0.6) is 0 Å². The molecule has 52 heavy (non-hydrogen) atoms. The number of nitrogens with zero attached hydrogens (tertiary/aromatic N) is 4. The summed E-state index contributed by atoms with van der Waals surface area (Å²) in [5.74, 6) is 0.642. The quantitative estimate of drug-likeness (QED) is 0.178. The topological polar surface area (TPSA) is 35.6 Å². The van der Waals surface area contributed by atoms with Crippen LogP contribution in [0, 0.1) is 0 Å². The van der Waals surface area contributed by atoms with E-state index in [2.05, 4.69) is 130 Å². The number of aromatic nitrogens is 4. The fourth-order valence-corrected chi connectivity index (χ4v) is 8.15. The highest BCUT2D eigenvalue weighted by molar-refractivity contribution is 6.31. The van der Waals surface area contributed by atoms with Crippen LogP contribution in [0.1, 0.15) is 18.5 Å². The van der Waals surface area contributed by atoms with Crippen LogP contribution in [0.15, 0.2) is 163 Å². The van der Waals surface area contributed by atoms with Gasteiger partial charge in [0.15, 0.2) is 5.82 Å². The molecule has 0 unspecified atom stereocenters. The fraction of sp³-hybridized carbons (Fsp3) is 0.0435. The van der Waals surface area contributed by atoms with Crippen molar-refractivity contribution in [2.75, 3.05) is 0 Å². The highest BCUT2D eigenvalue weighted by Crippen LogP contribution is 2.42. The van der Waals surface area contributed by atoms with E-state index in [0.717, 1.165) is 62.9 Å². The highest BCUT2D eigenvalue weighted by atomic mass is 35.5. The van der Waals surface area contributed by atoms with Gasteiger partial charge in [-0.3, -0.25) is 0 Å². The first kappa shape index (κ1) is 30.8. The van der Waals surface area contributed by atoms with Gasteiger partial charge in [0, 0.05) is 54.1 Å². The zero-order chi connectivity index (χ0) is 34.8. The Morgan fingerprint density at radius 3 is 1.77 bits per heavy atom. The van der Waals surface area contributed by atoms with Crippen molar-refractivity contribution in [3.8, 4) is 34.0 Å². The van der Waals surface area contributed by atoms with Gasteiger partial charge in [-0.15, -0.1) is 0 Å². The van der Waals surface area contributed by atoms with Crippen LogP contribution < -0.4 is 0 Å². The van der Waals surface area contributed by atoms with Gasteiger partial charge in [-0.05, 0) is 91.2 Å². The molecule has 0 saturated carbocycles. The van der Waals surface area contributed by atoms with Crippen molar-refractivity contribution in [3.05, 3.63) is 173 Å². The van der Waals surface area contributed by atoms with Gasteiger partial charge < -0.3 is 9.13 Å². The lowest BCUT2D eigenvalue weighted by atomic mass is 10.0. The molecule has 3 heterocycles. The summed E-state index contributed by atoms with van der Waals surface area (Å²) in [6.07, 6.45) is 5.92. The Hall–Kier alpha value is -5.94. The van der Waals surface area contributed by atoms with Crippen LogP contribution in [-0.4, -0.2) is 19.1 Å². The summed E-state index contributed by atoms with van der Waals surface area (Å²) in [5, 5.41) is 6.36. The minimum absolute atomic E-state index is 0.642. The van der Waals surface area contributed by atoms with Crippen LogP contribution in [0.4, 0.5) is 0 Å². The first-order valence-electron chi connectivity index (χ1n) is 17.4. The summed E-state index contributed by atoms with van der Waals surface area (Å²) in [4.78, 5) is 10.2. The predicted octanol–water partition coefficient (Wildman–Crippen LogP) is 13.0. The van der Waals surface area contributed by atoms with E-state index in [0.29, 0.717) is 10.8 Å². The second kappa shape index (κ2) is 12.4. The molecule has 1 aliphatic rings. The summed E-state index contributed by atoms with van der Waals surface area (Å²) < 4.78 is 4.82. The van der Waals surface area contributed by atoms with E-state index in [9.17, 15) is 0 Å². The Morgan fingerprint density at radius 2 is 1.12 bits per heavy atom. The SMILES string of the molecule is ClC1=CC(c2cc(-c3cccc(Cl)c3)nc(-c3ccc(-n4c5ccccc5c5ccc6c7ccccc7n(-c7ccccc7)c6c54)cc3)n2)=CCC1. The fourth-order valence-electron chi connectivity index (χ4n) is 7.74. The maximum atomic E-state index is 6.50. The molecule has 4 nitrogen and oxygen atoms in total. The number of benzene rings is 6. The van der Waals surface area contributed by atoms with Crippen LogP contribution in [0.2, 0.25) is 5.02 Å². The number of rotatable bonds is 5. The van der Waals surface area contributed by atoms with Crippen LogP contribution >= 0.6 is 23.2 Å². The van der Waals surface area contributed by atoms with E-state index in [1.807, 2.05) is 36.4 Å². The molecule has 9 aromatic rings. The average molecular weight is 710 g/mol. The largest absolute Gasteiger partial charge is 0.307 e. The molecule has 6 aromatic carbocycles. The first-order valence-corrected chi connectivity index (χ1v) is 18.2. The van der Waals surface area contributed by atoms with Gasteiger partial charge in [-0.1, -0.05) is 108 Å². The van der Waals surface area contributed by atoms with Gasteiger partial charge in [0.25, 0.3) is 0 Å².